The van der Waals surface area contributed by atoms with Crippen LogP contribution in [0.3, 0.4) is 0 Å². The molecule has 2 unspecified atom stereocenters. The lowest BCUT2D eigenvalue weighted by Crippen LogP contribution is -2.31. The lowest BCUT2D eigenvalue weighted by molar-refractivity contribution is -0.154. The van der Waals surface area contributed by atoms with Crippen molar-refractivity contribution in [1.82, 2.24) is 0 Å². The van der Waals surface area contributed by atoms with Gasteiger partial charge in [0.25, 0.3) is 0 Å². The Morgan fingerprint density at radius 1 is 1.33 bits per heavy atom. The van der Waals surface area contributed by atoms with E-state index >= 15 is 0 Å². The van der Waals surface area contributed by atoms with E-state index < -0.39 is 0 Å². The second-order valence-electron chi connectivity index (χ2n) is 3.67. The molecule has 0 bridgehead atoms. The van der Waals surface area contributed by atoms with Crippen LogP contribution < -0.4 is 0 Å². The SMILES string of the molecule is CC(=O)OCC1OC(C)C[C@@H]1OC(C)=O. The summed E-state index contributed by atoms with van der Waals surface area (Å²) in [5.74, 6) is -0.703. The largest absolute Gasteiger partial charge is 0.463 e. The van der Waals surface area contributed by atoms with E-state index in [-0.39, 0.29) is 36.9 Å². The Bertz CT molecular complexity index is 250. The molecule has 1 aliphatic rings. The van der Waals surface area contributed by atoms with Crippen molar-refractivity contribution in [3.05, 3.63) is 0 Å². The molecule has 0 saturated carbocycles. The van der Waals surface area contributed by atoms with Gasteiger partial charge in [0.1, 0.15) is 18.8 Å². The molecule has 0 aromatic heterocycles. The molecule has 86 valence electrons. The van der Waals surface area contributed by atoms with Gasteiger partial charge >= 0.3 is 11.9 Å². The van der Waals surface area contributed by atoms with E-state index in [2.05, 4.69) is 0 Å². The van der Waals surface area contributed by atoms with E-state index in [0.717, 1.165) is 0 Å². The van der Waals surface area contributed by atoms with Crippen LogP contribution >= 0.6 is 0 Å². The quantitative estimate of drug-likeness (QED) is 0.648. The number of ether oxygens (including phenoxy) is 3. The van der Waals surface area contributed by atoms with Gasteiger partial charge < -0.3 is 14.2 Å². The van der Waals surface area contributed by atoms with Crippen molar-refractivity contribution in [2.75, 3.05) is 6.61 Å². The van der Waals surface area contributed by atoms with Crippen LogP contribution in [0.5, 0.6) is 0 Å². The molecular weight excluding hydrogens is 200 g/mol. The highest BCUT2D eigenvalue weighted by Crippen LogP contribution is 2.23. The van der Waals surface area contributed by atoms with E-state index in [4.69, 9.17) is 14.2 Å². The summed E-state index contributed by atoms with van der Waals surface area (Å²) in [6, 6.07) is 0. The van der Waals surface area contributed by atoms with Gasteiger partial charge in [-0.05, 0) is 6.92 Å². The predicted octanol–water partition coefficient (Wildman–Crippen LogP) is 0.659. The summed E-state index contributed by atoms with van der Waals surface area (Å²) >= 11 is 0. The summed E-state index contributed by atoms with van der Waals surface area (Å²) in [6.07, 6.45) is 0.0189. The first kappa shape index (κ1) is 12.0. The van der Waals surface area contributed by atoms with E-state index in [9.17, 15) is 9.59 Å². The Morgan fingerprint density at radius 2 is 2.00 bits per heavy atom. The van der Waals surface area contributed by atoms with Gasteiger partial charge in [-0.25, -0.2) is 0 Å². The van der Waals surface area contributed by atoms with Crippen molar-refractivity contribution >= 4 is 11.9 Å². The van der Waals surface area contributed by atoms with Crippen molar-refractivity contribution in [2.45, 2.75) is 45.5 Å². The third kappa shape index (κ3) is 3.87. The van der Waals surface area contributed by atoms with Crippen molar-refractivity contribution < 1.29 is 23.8 Å². The highest BCUT2D eigenvalue weighted by atomic mass is 16.6. The molecule has 1 fully saturated rings. The minimum atomic E-state index is -0.361. The molecule has 1 saturated heterocycles. The average Bonchev–Trinajstić information content (AvgIpc) is 2.41. The molecule has 5 nitrogen and oxygen atoms in total. The van der Waals surface area contributed by atoms with Crippen molar-refractivity contribution in [2.24, 2.45) is 0 Å². The first-order valence-electron chi connectivity index (χ1n) is 4.95. The van der Waals surface area contributed by atoms with Crippen LogP contribution in [-0.4, -0.2) is 36.9 Å². The number of rotatable bonds is 3. The van der Waals surface area contributed by atoms with Gasteiger partial charge in [-0.3, -0.25) is 9.59 Å². The molecule has 1 aliphatic heterocycles. The highest BCUT2D eigenvalue weighted by molar-refractivity contribution is 5.66. The zero-order valence-corrected chi connectivity index (χ0v) is 9.19. The van der Waals surface area contributed by atoms with E-state index in [1.807, 2.05) is 6.92 Å². The molecule has 5 heteroatoms. The number of hydrogen-bond acceptors (Lipinski definition) is 5. The van der Waals surface area contributed by atoms with Gasteiger partial charge in [0.15, 0.2) is 0 Å². The van der Waals surface area contributed by atoms with E-state index in [1.165, 1.54) is 13.8 Å². The number of esters is 2. The van der Waals surface area contributed by atoms with Crippen LogP contribution in [0, 0.1) is 0 Å². The normalized spacial score (nSPS) is 29.9. The fourth-order valence-electron chi connectivity index (χ4n) is 1.60. The molecule has 0 aliphatic carbocycles. The number of carbonyl (C=O) groups is 2. The van der Waals surface area contributed by atoms with Crippen LogP contribution in [-0.2, 0) is 23.8 Å². The average molecular weight is 216 g/mol. The number of carbonyl (C=O) groups excluding carboxylic acids is 2. The molecule has 0 aromatic carbocycles. The zero-order chi connectivity index (χ0) is 11.4. The second-order valence-corrected chi connectivity index (χ2v) is 3.67. The summed E-state index contributed by atoms with van der Waals surface area (Å²) in [5.41, 5.74) is 0. The van der Waals surface area contributed by atoms with Crippen molar-refractivity contribution in [3.63, 3.8) is 0 Å². The molecule has 1 heterocycles. The third-order valence-electron chi connectivity index (χ3n) is 2.15. The van der Waals surface area contributed by atoms with E-state index in [0.29, 0.717) is 6.42 Å². The maximum absolute atomic E-state index is 10.8. The summed E-state index contributed by atoms with van der Waals surface area (Å²) in [5, 5.41) is 0. The third-order valence-corrected chi connectivity index (χ3v) is 2.15. The first-order chi connectivity index (χ1) is 6.99. The topological polar surface area (TPSA) is 61.8 Å². The van der Waals surface area contributed by atoms with Gasteiger partial charge in [0.05, 0.1) is 6.10 Å². The minimum Gasteiger partial charge on any atom is -0.463 e. The maximum atomic E-state index is 10.8. The smallest absolute Gasteiger partial charge is 0.302 e. The van der Waals surface area contributed by atoms with Crippen LogP contribution in [0.2, 0.25) is 0 Å². The summed E-state index contributed by atoms with van der Waals surface area (Å²) in [7, 11) is 0. The Hall–Kier alpha value is -1.10. The lowest BCUT2D eigenvalue weighted by Gasteiger charge is -2.17. The molecule has 15 heavy (non-hydrogen) atoms. The molecule has 0 aromatic rings. The zero-order valence-electron chi connectivity index (χ0n) is 9.19. The highest BCUT2D eigenvalue weighted by Gasteiger charge is 2.35. The van der Waals surface area contributed by atoms with Crippen LogP contribution in [0.15, 0.2) is 0 Å². The van der Waals surface area contributed by atoms with Crippen molar-refractivity contribution in [3.8, 4) is 0 Å². The lowest BCUT2D eigenvalue weighted by atomic mass is 10.1. The molecule has 0 spiro atoms. The van der Waals surface area contributed by atoms with Gasteiger partial charge in [-0.15, -0.1) is 0 Å². The molecule has 3 atom stereocenters. The molecule has 0 amide bonds. The molecule has 0 radical (unpaired) electrons. The monoisotopic (exact) mass is 216 g/mol. The number of hydrogen-bond donors (Lipinski definition) is 0. The van der Waals surface area contributed by atoms with Gasteiger partial charge in [0, 0.05) is 20.3 Å². The van der Waals surface area contributed by atoms with Gasteiger partial charge in [-0.1, -0.05) is 0 Å². The van der Waals surface area contributed by atoms with E-state index in [1.54, 1.807) is 0 Å². The Balaban J connectivity index is 2.45. The molecular formula is C10H16O5. The van der Waals surface area contributed by atoms with Crippen LogP contribution in [0.4, 0.5) is 0 Å². The maximum Gasteiger partial charge on any atom is 0.302 e. The molecule has 0 N–H and O–H groups in total. The van der Waals surface area contributed by atoms with Gasteiger partial charge in [0.2, 0.25) is 0 Å². The fourth-order valence-corrected chi connectivity index (χ4v) is 1.60. The molecule has 1 rings (SSSR count). The first-order valence-corrected chi connectivity index (χ1v) is 4.95. The van der Waals surface area contributed by atoms with Crippen molar-refractivity contribution in [1.29, 1.82) is 0 Å². The Kier molecular flexibility index (Phi) is 4.08. The fraction of sp³-hybridized carbons (Fsp3) is 0.800. The second kappa shape index (κ2) is 5.11. The predicted molar refractivity (Wildman–Crippen MR) is 51.1 cm³/mol. The van der Waals surface area contributed by atoms with Gasteiger partial charge in [-0.2, -0.15) is 0 Å². The summed E-state index contributed by atoms with van der Waals surface area (Å²) in [4.78, 5) is 21.4. The Labute approximate surface area is 88.7 Å². The summed E-state index contributed by atoms with van der Waals surface area (Å²) < 4.78 is 15.4. The Morgan fingerprint density at radius 3 is 2.53 bits per heavy atom. The summed E-state index contributed by atoms with van der Waals surface area (Å²) in [6.45, 7) is 4.72. The standard InChI is InChI=1S/C10H16O5/c1-6-4-9(15-8(3)12)10(14-6)5-13-7(2)11/h6,9-10H,4-5H2,1-3H3/t6?,9-,10?/m0/s1. The van der Waals surface area contributed by atoms with Crippen LogP contribution in [0.1, 0.15) is 27.2 Å². The van der Waals surface area contributed by atoms with Crippen LogP contribution in [0.25, 0.3) is 0 Å². The minimum absolute atomic E-state index is 0.0231.